The highest BCUT2D eigenvalue weighted by molar-refractivity contribution is 6.32. The fourth-order valence-corrected chi connectivity index (χ4v) is 2.81. The summed E-state index contributed by atoms with van der Waals surface area (Å²) in [5.41, 5.74) is 4.11. The largest absolute Gasteiger partial charge is 0.306 e. The van der Waals surface area contributed by atoms with Crippen LogP contribution in [0.4, 0.5) is 4.39 Å². The van der Waals surface area contributed by atoms with Crippen LogP contribution >= 0.6 is 11.6 Å². The zero-order chi connectivity index (χ0) is 20.1. The highest BCUT2D eigenvalue weighted by Crippen LogP contribution is 2.19. The van der Waals surface area contributed by atoms with Crippen LogP contribution in [-0.4, -0.2) is 26.5 Å². The van der Waals surface area contributed by atoms with E-state index in [9.17, 15) is 14.0 Å². The molecule has 0 unspecified atom stereocenters. The van der Waals surface area contributed by atoms with Crippen molar-refractivity contribution in [3.63, 3.8) is 0 Å². The molecule has 0 saturated heterocycles. The van der Waals surface area contributed by atoms with Gasteiger partial charge in [-0.1, -0.05) is 29.8 Å². The number of benzene rings is 1. The number of pyridine rings is 1. The zero-order valence-electron chi connectivity index (χ0n) is 15.0. The van der Waals surface area contributed by atoms with Crippen molar-refractivity contribution in [3.8, 4) is 0 Å². The van der Waals surface area contributed by atoms with Gasteiger partial charge >= 0.3 is 0 Å². The van der Waals surface area contributed by atoms with Gasteiger partial charge in [0.2, 0.25) is 0 Å². The van der Waals surface area contributed by atoms with Gasteiger partial charge in [0.05, 0.1) is 24.0 Å². The molecule has 0 saturated carbocycles. The van der Waals surface area contributed by atoms with Gasteiger partial charge in [-0.25, -0.2) is 14.5 Å². The first-order valence-electron chi connectivity index (χ1n) is 8.39. The molecule has 1 amide bonds. The number of hydrogen-bond donors (Lipinski definition) is 1. The molecule has 0 aliphatic carbocycles. The Morgan fingerprint density at radius 2 is 2.04 bits per heavy atom. The number of aromatic nitrogens is 3. The number of hydrazone groups is 1. The van der Waals surface area contributed by atoms with E-state index >= 15 is 0 Å². The number of hydrogen-bond acceptors (Lipinski definition) is 4. The molecule has 3 aromatic rings. The fourth-order valence-electron chi connectivity index (χ4n) is 2.53. The summed E-state index contributed by atoms with van der Waals surface area (Å²) < 4.78 is 15.9. The summed E-state index contributed by atoms with van der Waals surface area (Å²) in [4.78, 5) is 23.5. The maximum atomic E-state index is 13.0. The lowest BCUT2D eigenvalue weighted by atomic mass is 10.2. The smallest absolute Gasteiger partial charge is 0.260 e. The predicted molar refractivity (Wildman–Crippen MR) is 104 cm³/mol. The van der Waals surface area contributed by atoms with Crippen molar-refractivity contribution in [2.45, 2.75) is 20.0 Å². The number of carbonyl (C=O) groups is 1. The zero-order valence-corrected chi connectivity index (χ0v) is 15.7. The van der Waals surface area contributed by atoms with Crippen LogP contribution in [-0.2, 0) is 17.9 Å². The highest BCUT2D eigenvalue weighted by Gasteiger charge is 2.12. The second-order valence-corrected chi connectivity index (χ2v) is 6.39. The third kappa shape index (κ3) is 4.72. The van der Waals surface area contributed by atoms with E-state index in [0.29, 0.717) is 23.0 Å². The van der Waals surface area contributed by atoms with Crippen molar-refractivity contribution in [3.05, 3.63) is 86.8 Å². The molecule has 28 heavy (non-hydrogen) atoms. The summed E-state index contributed by atoms with van der Waals surface area (Å²) in [6, 6.07) is 10.7. The minimum absolute atomic E-state index is 0.145. The maximum Gasteiger partial charge on any atom is 0.260 e. The molecular weight excluding hydrogens is 385 g/mol. The molecule has 144 valence electrons. The second kappa shape index (κ2) is 8.62. The van der Waals surface area contributed by atoms with Gasteiger partial charge in [0, 0.05) is 12.3 Å². The lowest BCUT2D eigenvalue weighted by Gasteiger charge is -2.04. The van der Waals surface area contributed by atoms with Crippen molar-refractivity contribution in [2.75, 3.05) is 0 Å². The average molecular weight is 402 g/mol. The molecule has 0 bridgehead atoms. The molecule has 9 heteroatoms. The number of aryl methyl sites for hydroxylation is 1. The van der Waals surface area contributed by atoms with Crippen molar-refractivity contribution in [2.24, 2.45) is 5.10 Å². The number of nitrogens with zero attached hydrogens (tertiary/aromatic N) is 4. The Morgan fingerprint density at radius 1 is 1.29 bits per heavy atom. The Balaban J connectivity index is 1.66. The number of rotatable bonds is 6. The minimum atomic E-state index is -0.447. The summed E-state index contributed by atoms with van der Waals surface area (Å²) in [5, 5.41) is 8.59. The summed E-state index contributed by atoms with van der Waals surface area (Å²) >= 11 is 6.35. The van der Waals surface area contributed by atoms with Crippen LogP contribution in [0.1, 0.15) is 16.8 Å². The van der Waals surface area contributed by atoms with Crippen molar-refractivity contribution < 1.29 is 9.18 Å². The number of halogens is 2. The first-order chi connectivity index (χ1) is 13.4. The van der Waals surface area contributed by atoms with Gasteiger partial charge in [-0.3, -0.25) is 9.59 Å². The first kappa shape index (κ1) is 19.5. The molecule has 3 rings (SSSR count). The van der Waals surface area contributed by atoms with Crippen LogP contribution in [0.5, 0.6) is 0 Å². The molecule has 0 atom stereocenters. The lowest BCUT2D eigenvalue weighted by molar-refractivity contribution is -0.121. The Kier molecular flexibility index (Phi) is 6.00. The third-order valence-electron chi connectivity index (χ3n) is 3.95. The van der Waals surface area contributed by atoms with Gasteiger partial charge in [-0.05, 0) is 30.7 Å². The van der Waals surface area contributed by atoms with E-state index in [1.165, 1.54) is 35.2 Å². The van der Waals surface area contributed by atoms with Gasteiger partial charge in [-0.15, -0.1) is 0 Å². The summed E-state index contributed by atoms with van der Waals surface area (Å²) in [6.45, 7) is 1.99. The molecule has 1 aromatic carbocycles. The standard InChI is InChI=1S/C19H17ClFN5O2/c1-13-16(10-22-23-17(27)12-25-9-3-2-4-18(25)28)19(20)26(24-13)11-14-5-7-15(21)8-6-14/h2-10H,11-12H2,1H3,(H,23,27)/b22-10-. The number of nitrogens with one attached hydrogen (secondary N) is 1. The van der Waals surface area contributed by atoms with Crippen LogP contribution in [0, 0.1) is 12.7 Å². The summed E-state index contributed by atoms with van der Waals surface area (Å²) in [7, 11) is 0. The van der Waals surface area contributed by atoms with Crippen molar-refractivity contribution in [1.82, 2.24) is 19.8 Å². The molecule has 0 aliphatic rings. The Bertz CT molecular complexity index is 1070. The molecular formula is C19H17ClFN5O2. The number of carbonyl (C=O) groups excluding carboxylic acids is 1. The Hall–Kier alpha value is -3.26. The van der Waals surface area contributed by atoms with E-state index in [1.807, 2.05) is 0 Å². The van der Waals surface area contributed by atoms with E-state index in [2.05, 4.69) is 15.6 Å². The van der Waals surface area contributed by atoms with Crippen LogP contribution in [0.25, 0.3) is 0 Å². The molecule has 2 aromatic heterocycles. The molecule has 0 fully saturated rings. The molecule has 7 nitrogen and oxygen atoms in total. The molecule has 0 spiro atoms. The monoisotopic (exact) mass is 401 g/mol. The van der Waals surface area contributed by atoms with E-state index in [4.69, 9.17) is 11.6 Å². The van der Waals surface area contributed by atoms with Crippen molar-refractivity contribution in [1.29, 1.82) is 0 Å². The van der Waals surface area contributed by atoms with Gasteiger partial charge in [0.25, 0.3) is 11.5 Å². The van der Waals surface area contributed by atoms with Gasteiger partial charge in [0.15, 0.2) is 0 Å². The fraction of sp³-hybridized carbons (Fsp3) is 0.158. The van der Waals surface area contributed by atoms with E-state index in [1.54, 1.807) is 35.9 Å². The van der Waals surface area contributed by atoms with E-state index < -0.39 is 5.91 Å². The van der Waals surface area contributed by atoms with Crippen LogP contribution in [0.3, 0.4) is 0 Å². The maximum absolute atomic E-state index is 13.0. The third-order valence-corrected chi connectivity index (χ3v) is 4.35. The van der Waals surface area contributed by atoms with E-state index in [-0.39, 0.29) is 17.9 Å². The van der Waals surface area contributed by atoms with Gasteiger partial charge < -0.3 is 4.57 Å². The second-order valence-electron chi connectivity index (χ2n) is 6.03. The summed E-state index contributed by atoms with van der Waals surface area (Å²) in [6.07, 6.45) is 2.92. The Morgan fingerprint density at radius 3 is 2.75 bits per heavy atom. The molecule has 2 heterocycles. The Labute approximate surface area is 165 Å². The topological polar surface area (TPSA) is 81.3 Å². The van der Waals surface area contributed by atoms with Crippen LogP contribution in [0.15, 0.2) is 58.6 Å². The average Bonchev–Trinajstić information content (AvgIpc) is 2.93. The van der Waals surface area contributed by atoms with Crippen LogP contribution in [0.2, 0.25) is 5.15 Å². The van der Waals surface area contributed by atoms with E-state index in [0.717, 1.165) is 5.56 Å². The molecule has 0 radical (unpaired) electrons. The lowest BCUT2D eigenvalue weighted by Crippen LogP contribution is -2.29. The SMILES string of the molecule is Cc1nn(Cc2ccc(F)cc2)c(Cl)c1/C=N\NC(=O)Cn1ccccc1=O. The minimum Gasteiger partial charge on any atom is -0.306 e. The van der Waals surface area contributed by atoms with Gasteiger partial charge in [0.1, 0.15) is 17.5 Å². The highest BCUT2D eigenvalue weighted by atomic mass is 35.5. The molecule has 1 N–H and O–H groups in total. The summed E-state index contributed by atoms with van der Waals surface area (Å²) in [5.74, 6) is -0.759. The first-order valence-corrected chi connectivity index (χ1v) is 8.76. The van der Waals surface area contributed by atoms with Gasteiger partial charge in [-0.2, -0.15) is 10.2 Å². The quantitative estimate of drug-likeness (QED) is 0.508. The van der Waals surface area contributed by atoms with Crippen LogP contribution < -0.4 is 11.0 Å². The number of amides is 1. The van der Waals surface area contributed by atoms with Crippen molar-refractivity contribution >= 4 is 23.7 Å². The predicted octanol–water partition coefficient (Wildman–Crippen LogP) is 2.34. The molecule has 0 aliphatic heterocycles. The normalized spacial score (nSPS) is 11.1.